The van der Waals surface area contributed by atoms with Crippen LogP contribution in [0.4, 0.5) is 4.39 Å². The molecule has 4 rings (SSSR count). The molecule has 150 valence electrons. The van der Waals surface area contributed by atoms with Crippen LogP contribution in [-0.2, 0) is 6.42 Å². The molecule has 1 saturated heterocycles. The van der Waals surface area contributed by atoms with E-state index in [1.54, 1.807) is 37.6 Å². The zero-order valence-corrected chi connectivity index (χ0v) is 16.3. The summed E-state index contributed by atoms with van der Waals surface area (Å²) in [6, 6.07) is 13.4. The van der Waals surface area contributed by atoms with Crippen molar-refractivity contribution in [3.05, 3.63) is 83.3 Å². The minimum atomic E-state index is -0.264. The van der Waals surface area contributed by atoms with Crippen LogP contribution < -0.4 is 4.74 Å². The monoisotopic (exact) mass is 394 g/mol. The number of piperidine rings is 1. The summed E-state index contributed by atoms with van der Waals surface area (Å²) in [6.07, 6.45) is 4.98. The van der Waals surface area contributed by atoms with Crippen molar-refractivity contribution in [2.75, 3.05) is 13.7 Å². The summed E-state index contributed by atoms with van der Waals surface area (Å²) in [5, 5.41) is 0. The van der Waals surface area contributed by atoms with Gasteiger partial charge in [0.25, 0.3) is 5.91 Å². The molecule has 1 aliphatic heterocycles. The first-order valence-corrected chi connectivity index (χ1v) is 9.78. The Morgan fingerprint density at radius 2 is 2.00 bits per heavy atom. The Kier molecular flexibility index (Phi) is 5.60. The summed E-state index contributed by atoms with van der Waals surface area (Å²) in [7, 11) is 1.57. The highest BCUT2D eigenvalue weighted by atomic mass is 19.1. The average Bonchev–Trinajstić information content (AvgIpc) is 3.23. The second kappa shape index (κ2) is 8.47. The number of carbonyl (C=O) groups is 1. The lowest BCUT2D eigenvalue weighted by atomic mass is 10.0. The third-order valence-corrected chi connectivity index (χ3v) is 5.25. The maximum absolute atomic E-state index is 13.2. The van der Waals surface area contributed by atoms with Crippen molar-refractivity contribution in [3.63, 3.8) is 0 Å². The Labute approximate surface area is 169 Å². The Morgan fingerprint density at radius 1 is 1.21 bits per heavy atom. The number of ether oxygens (including phenoxy) is 1. The molecule has 6 heteroatoms. The molecule has 5 nitrogen and oxygen atoms in total. The highest BCUT2D eigenvalue weighted by Gasteiger charge is 2.33. The second-order valence-corrected chi connectivity index (χ2v) is 7.18. The van der Waals surface area contributed by atoms with Crippen LogP contribution in [0.1, 0.15) is 52.9 Å². The van der Waals surface area contributed by atoms with Gasteiger partial charge in [0.15, 0.2) is 0 Å². The van der Waals surface area contributed by atoms with E-state index in [0.717, 1.165) is 24.8 Å². The number of hydrogen-bond donors (Lipinski definition) is 0. The molecular formula is C23H23FN2O3. The summed E-state index contributed by atoms with van der Waals surface area (Å²) in [6.45, 7) is 0.650. The van der Waals surface area contributed by atoms with Crippen LogP contribution in [0.2, 0.25) is 0 Å². The van der Waals surface area contributed by atoms with Gasteiger partial charge in [-0.3, -0.25) is 4.79 Å². The van der Waals surface area contributed by atoms with Gasteiger partial charge in [-0.15, -0.1) is 0 Å². The lowest BCUT2D eigenvalue weighted by Crippen LogP contribution is -2.38. The first kappa shape index (κ1) is 19.2. The van der Waals surface area contributed by atoms with E-state index in [4.69, 9.17) is 9.15 Å². The van der Waals surface area contributed by atoms with E-state index in [0.29, 0.717) is 35.9 Å². The van der Waals surface area contributed by atoms with Crippen LogP contribution in [-0.4, -0.2) is 29.4 Å². The fourth-order valence-corrected chi connectivity index (χ4v) is 3.77. The summed E-state index contributed by atoms with van der Waals surface area (Å²) in [4.78, 5) is 19.5. The van der Waals surface area contributed by atoms with Gasteiger partial charge in [0.2, 0.25) is 5.89 Å². The average molecular weight is 394 g/mol. The van der Waals surface area contributed by atoms with E-state index in [2.05, 4.69) is 4.98 Å². The van der Waals surface area contributed by atoms with Crippen molar-refractivity contribution >= 4 is 5.91 Å². The van der Waals surface area contributed by atoms with Crippen molar-refractivity contribution < 1.29 is 18.3 Å². The molecule has 3 aromatic rings. The van der Waals surface area contributed by atoms with Crippen LogP contribution in [0, 0.1) is 5.82 Å². The largest absolute Gasteiger partial charge is 0.496 e. The quantitative estimate of drug-likeness (QED) is 0.625. The normalized spacial score (nSPS) is 16.6. The number of halogens is 1. The predicted octanol–water partition coefficient (Wildman–Crippen LogP) is 4.78. The number of para-hydroxylation sites is 1. The smallest absolute Gasteiger partial charge is 0.258 e. The molecule has 0 radical (unpaired) electrons. The predicted molar refractivity (Wildman–Crippen MR) is 106 cm³/mol. The van der Waals surface area contributed by atoms with Crippen molar-refractivity contribution in [1.82, 2.24) is 9.88 Å². The van der Waals surface area contributed by atoms with Crippen molar-refractivity contribution in [1.29, 1.82) is 0 Å². The molecule has 1 fully saturated rings. The van der Waals surface area contributed by atoms with Gasteiger partial charge in [-0.1, -0.05) is 24.3 Å². The molecule has 1 aliphatic rings. The highest BCUT2D eigenvalue weighted by Crippen LogP contribution is 2.33. The standard InChI is InChI=1S/C23H23FN2O3/c1-28-21-8-3-2-6-19(21)23(27)26-13-5-4-7-20(26)22-25-15-18(29-22)14-16-9-11-17(24)12-10-16/h2-3,6,8-12,15,20H,4-5,7,13-14H2,1H3/t20-/m1/s1. The maximum atomic E-state index is 13.2. The number of hydrogen-bond acceptors (Lipinski definition) is 4. The fraction of sp³-hybridized carbons (Fsp3) is 0.304. The molecular weight excluding hydrogens is 371 g/mol. The van der Waals surface area contributed by atoms with Gasteiger partial charge in [0.1, 0.15) is 23.4 Å². The lowest BCUT2D eigenvalue weighted by molar-refractivity contribution is 0.0566. The molecule has 2 aromatic carbocycles. The minimum Gasteiger partial charge on any atom is -0.496 e. The Balaban J connectivity index is 1.55. The van der Waals surface area contributed by atoms with Gasteiger partial charge in [0.05, 0.1) is 18.9 Å². The first-order valence-electron chi connectivity index (χ1n) is 9.78. The van der Waals surface area contributed by atoms with Crippen LogP contribution in [0.25, 0.3) is 0 Å². The summed E-state index contributed by atoms with van der Waals surface area (Å²) in [5.74, 6) is 1.46. The molecule has 29 heavy (non-hydrogen) atoms. The summed E-state index contributed by atoms with van der Waals surface area (Å²) < 4.78 is 24.5. The van der Waals surface area contributed by atoms with Gasteiger partial charge in [-0.25, -0.2) is 9.37 Å². The number of carbonyl (C=O) groups excluding carboxylic acids is 1. The molecule has 1 aromatic heterocycles. The fourth-order valence-electron chi connectivity index (χ4n) is 3.77. The Bertz CT molecular complexity index is 984. The molecule has 1 amide bonds. The van der Waals surface area contributed by atoms with Crippen molar-refractivity contribution in [2.45, 2.75) is 31.7 Å². The number of nitrogens with zero attached hydrogens (tertiary/aromatic N) is 2. The van der Waals surface area contributed by atoms with E-state index < -0.39 is 0 Å². The van der Waals surface area contributed by atoms with E-state index in [1.165, 1.54) is 12.1 Å². The number of rotatable bonds is 5. The van der Waals surface area contributed by atoms with E-state index in [-0.39, 0.29) is 17.8 Å². The maximum Gasteiger partial charge on any atom is 0.258 e. The van der Waals surface area contributed by atoms with Crippen LogP contribution in [0.15, 0.2) is 59.1 Å². The number of methoxy groups -OCH3 is 1. The van der Waals surface area contributed by atoms with E-state index in [1.807, 2.05) is 17.0 Å². The molecule has 0 spiro atoms. The molecule has 0 N–H and O–H groups in total. The summed E-state index contributed by atoms with van der Waals surface area (Å²) >= 11 is 0. The molecule has 0 unspecified atom stereocenters. The zero-order chi connectivity index (χ0) is 20.2. The second-order valence-electron chi connectivity index (χ2n) is 7.18. The van der Waals surface area contributed by atoms with Gasteiger partial charge < -0.3 is 14.1 Å². The topological polar surface area (TPSA) is 55.6 Å². The van der Waals surface area contributed by atoms with Gasteiger partial charge in [-0.05, 0) is 49.1 Å². The lowest BCUT2D eigenvalue weighted by Gasteiger charge is -2.34. The third kappa shape index (κ3) is 4.16. The number of oxazole rings is 1. The highest BCUT2D eigenvalue weighted by molar-refractivity contribution is 5.97. The zero-order valence-electron chi connectivity index (χ0n) is 16.3. The van der Waals surface area contributed by atoms with Crippen molar-refractivity contribution in [2.24, 2.45) is 0 Å². The third-order valence-electron chi connectivity index (χ3n) is 5.25. The van der Waals surface area contributed by atoms with Crippen LogP contribution >= 0.6 is 0 Å². The number of aromatic nitrogens is 1. The molecule has 0 bridgehead atoms. The summed E-state index contributed by atoms with van der Waals surface area (Å²) in [5.41, 5.74) is 1.49. The SMILES string of the molecule is COc1ccccc1C(=O)N1CCCC[C@@H]1c1ncc(Cc2ccc(F)cc2)o1. The Morgan fingerprint density at radius 3 is 2.79 bits per heavy atom. The number of likely N-dealkylation sites (tertiary alicyclic amines) is 1. The number of amides is 1. The van der Waals surface area contributed by atoms with Crippen LogP contribution in [0.5, 0.6) is 5.75 Å². The molecule has 0 saturated carbocycles. The first-order chi connectivity index (χ1) is 14.2. The van der Waals surface area contributed by atoms with E-state index >= 15 is 0 Å². The van der Waals surface area contributed by atoms with Crippen LogP contribution in [0.3, 0.4) is 0 Å². The molecule has 0 aliphatic carbocycles. The number of benzene rings is 2. The molecule has 2 heterocycles. The van der Waals surface area contributed by atoms with E-state index in [9.17, 15) is 9.18 Å². The molecule has 1 atom stereocenters. The van der Waals surface area contributed by atoms with Gasteiger partial charge >= 0.3 is 0 Å². The van der Waals surface area contributed by atoms with Gasteiger partial charge in [0, 0.05) is 13.0 Å². The Hall–Kier alpha value is -3.15. The van der Waals surface area contributed by atoms with Crippen molar-refractivity contribution in [3.8, 4) is 5.75 Å². The van der Waals surface area contributed by atoms with Gasteiger partial charge in [-0.2, -0.15) is 0 Å². The minimum absolute atomic E-state index is 0.0783.